The summed E-state index contributed by atoms with van der Waals surface area (Å²) in [6, 6.07) is 10.3. The quantitative estimate of drug-likeness (QED) is 0.711. The van der Waals surface area contributed by atoms with Crippen molar-refractivity contribution >= 4 is 11.3 Å². The Morgan fingerprint density at radius 3 is 2.81 bits per heavy atom. The van der Waals surface area contributed by atoms with Crippen LogP contribution in [-0.4, -0.2) is 21.1 Å². The Morgan fingerprint density at radius 1 is 1.19 bits per heavy atom. The largest absolute Gasteiger partial charge is 0.311 e. The molecule has 0 aliphatic carbocycles. The monoisotopic (exact) mass is 298 g/mol. The third-order valence-electron chi connectivity index (χ3n) is 3.33. The van der Waals surface area contributed by atoms with E-state index in [2.05, 4.69) is 44.1 Å². The van der Waals surface area contributed by atoms with Crippen molar-refractivity contribution in [1.29, 1.82) is 0 Å². The van der Waals surface area contributed by atoms with Gasteiger partial charge in [-0.15, -0.1) is 11.3 Å². The molecule has 0 spiro atoms. The van der Waals surface area contributed by atoms with E-state index in [1.807, 2.05) is 30.8 Å². The van der Waals surface area contributed by atoms with Crippen LogP contribution in [0.2, 0.25) is 0 Å². The van der Waals surface area contributed by atoms with E-state index in [0.717, 1.165) is 31.0 Å². The number of thiazole rings is 1. The molecule has 4 nitrogen and oxygen atoms in total. The van der Waals surface area contributed by atoms with E-state index in [1.54, 1.807) is 11.3 Å². The van der Waals surface area contributed by atoms with Crippen molar-refractivity contribution in [2.75, 3.05) is 6.54 Å². The molecule has 0 aliphatic heterocycles. The Morgan fingerprint density at radius 2 is 2.05 bits per heavy atom. The highest BCUT2D eigenvalue weighted by molar-refractivity contribution is 7.09. The predicted octanol–water partition coefficient (Wildman–Crippen LogP) is 2.97. The topological polar surface area (TPSA) is 42.7 Å². The molecule has 2 aromatic heterocycles. The van der Waals surface area contributed by atoms with Gasteiger partial charge in [0.1, 0.15) is 5.82 Å². The highest BCUT2D eigenvalue weighted by atomic mass is 32.1. The molecule has 2 heterocycles. The van der Waals surface area contributed by atoms with Crippen LogP contribution >= 0.6 is 11.3 Å². The number of benzene rings is 1. The lowest BCUT2D eigenvalue weighted by atomic mass is 10.3. The highest BCUT2D eigenvalue weighted by Gasteiger charge is 2.08. The summed E-state index contributed by atoms with van der Waals surface area (Å²) in [6.07, 6.45) is 4.77. The number of aryl methyl sites for hydroxylation is 1. The first-order chi connectivity index (χ1) is 10.3. The number of hydrogen-bond donors (Lipinski definition) is 1. The summed E-state index contributed by atoms with van der Waals surface area (Å²) in [6.45, 7) is 3.76. The Balaban J connectivity index is 1.64. The fourth-order valence-corrected chi connectivity index (χ4v) is 2.95. The van der Waals surface area contributed by atoms with Gasteiger partial charge in [-0.05, 0) is 19.1 Å². The lowest BCUT2D eigenvalue weighted by Gasteiger charge is -2.11. The van der Waals surface area contributed by atoms with Crippen LogP contribution in [-0.2, 0) is 13.0 Å². The van der Waals surface area contributed by atoms with E-state index in [-0.39, 0.29) is 0 Å². The van der Waals surface area contributed by atoms with Gasteiger partial charge in [-0.1, -0.05) is 18.2 Å². The van der Waals surface area contributed by atoms with Crippen molar-refractivity contribution in [2.24, 2.45) is 0 Å². The van der Waals surface area contributed by atoms with Gasteiger partial charge in [-0.2, -0.15) is 0 Å². The third kappa shape index (κ3) is 3.37. The number of aromatic nitrogens is 3. The molecule has 1 aromatic carbocycles. The van der Waals surface area contributed by atoms with Crippen LogP contribution in [0, 0.1) is 6.92 Å². The fraction of sp³-hybridized carbons (Fsp3) is 0.250. The summed E-state index contributed by atoms with van der Waals surface area (Å²) in [5.41, 5.74) is 2.34. The number of nitrogens with one attached hydrogen (secondary N) is 1. The second-order valence-corrected chi connectivity index (χ2v) is 5.80. The summed E-state index contributed by atoms with van der Waals surface area (Å²) in [5, 5.41) is 6.66. The van der Waals surface area contributed by atoms with Gasteiger partial charge in [0.15, 0.2) is 0 Å². The molecule has 0 amide bonds. The van der Waals surface area contributed by atoms with Crippen molar-refractivity contribution in [3.63, 3.8) is 0 Å². The smallest absolute Gasteiger partial charge is 0.110 e. The Hall–Kier alpha value is -1.98. The highest BCUT2D eigenvalue weighted by Crippen LogP contribution is 2.14. The van der Waals surface area contributed by atoms with Crippen molar-refractivity contribution in [3.05, 3.63) is 64.6 Å². The molecule has 3 rings (SSSR count). The zero-order valence-corrected chi connectivity index (χ0v) is 12.8. The summed E-state index contributed by atoms with van der Waals surface area (Å²) in [7, 11) is 0. The Kier molecular flexibility index (Phi) is 4.43. The lowest BCUT2D eigenvalue weighted by molar-refractivity contribution is 0.662. The van der Waals surface area contributed by atoms with Gasteiger partial charge in [0.2, 0.25) is 0 Å². The van der Waals surface area contributed by atoms with Crippen molar-refractivity contribution < 1.29 is 0 Å². The van der Waals surface area contributed by atoms with Crippen LogP contribution in [0.5, 0.6) is 0 Å². The molecule has 108 valence electrons. The first-order valence-electron chi connectivity index (χ1n) is 7.02. The van der Waals surface area contributed by atoms with Crippen LogP contribution in [0.1, 0.15) is 16.5 Å². The van der Waals surface area contributed by atoms with E-state index in [0.29, 0.717) is 0 Å². The average Bonchev–Trinajstić information content (AvgIpc) is 3.14. The van der Waals surface area contributed by atoms with Gasteiger partial charge in [0.05, 0.1) is 16.9 Å². The molecule has 0 saturated carbocycles. The number of para-hydroxylation sites is 1. The normalized spacial score (nSPS) is 10.9. The Labute approximate surface area is 128 Å². The summed E-state index contributed by atoms with van der Waals surface area (Å²) < 4.78 is 2.19. The van der Waals surface area contributed by atoms with E-state index >= 15 is 0 Å². The van der Waals surface area contributed by atoms with Crippen LogP contribution in [0.15, 0.2) is 48.1 Å². The van der Waals surface area contributed by atoms with Crippen molar-refractivity contribution in [3.8, 4) is 5.69 Å². The summed E-state index contributed by atoms with van der Waals surface area (Å²) in [5.74, 6) is 1.01. The van der Waals surface area contributed by atoms with Crippen LogP contribution < -0.4 is 5.32 Å². The molecule has 5 heteroatoms. The second kappa shape index (κ2) is 6.65. The molecule has 0 atom stereocenters. The van der Waals surface area contributed by atoms with E-state index in [1.165, 1.54) is 10.7 Å². The van der Waals surface area contributed by atoms with E-state index in [9.17, 15) is 0 Å². The molecule has 0 saturated heterocycles. The second-order valence-electron chi connectivity index (χ2n) is 4.82. The maximum atomic E-state index is 4.43. The predicted molar refractivity (Wildman–Crippen MR) is 85.8 cm³/mol. The van der Waals surface area contributed by atoms with Crippen molar-refractivity contribution in [1.82, 2.24) is 19.9 Å². The zero-order valence-electron chi connectivity index (χ0n) is 12.0. The first-order valence-corrected chi connectivity index (χ1v) is 7.90. The SMILES string of the molecule is Cc1ncc(CNCCc2nccs2)n1-c1ccccc1. The van der Waals surface area contributed by atoms with E-state index in [4.69, 9.17) is 0 Å². The van der Waals surface area contributed by atoms with Gasteiger partial charge in [0.25, 0.3) is 0 Å². The minimum Gasteiger partial charge on any atom is -0.311 e. The maximum absolute atomic E-state index is 4.43. The van der Waals surface area contributed by atoms with Crippen LogP contribution in [0.4, 0.5) is 0 Å². The van der Waals surface area contributed by atoms with Gasteiger partial charge in [0, 0.05) is 36.8 Å². The fourth-order valence-electron chi connectivity index (χ4n) is 2.33. The number of nitrogens with zero attached hydrogens (tertiary/aromatic N) is 3. The molecular weight excluding hydrogens is 280 g/mol. The molecule has 0 fully saturated rings. The first kappa shape index (κ1) is 14.0. The molecule has 0 bridgehead atoms. The molecular formula is C16H18N4S. The standard InChI is InChI=1S/C16H18N4S/c1-13-19-12-15(20(13)14-5-3-2-4-6-14)11-17-8-7-16-18-9-10-21-16/h2-6,9-10,12,17H,7-8,11H2,1H3. The van der Waals surface area contributed by atoms with Gasteiger partial charge in [-0.25, -0.2) is 9.97 Å². The van der Waals surface area contributed by atoms with Crippen molar-refractivity contribution in [2.45, 2.75) is 19.9 Å². The third-order valence-corrected chi connectivity index (χ3v) is 4.17. The molecule has 0 aliphatic rings. The van der Waals surface area contributed by atoms with Gasteiger partial charge >= 0.3 is 0 Å². The number of imidazole rings is 1. The average molecular weight is 298 g/mol. The molecule has 3 aromatic rings. The minimum atomic E-state index is 0.807. The number of hydrogen-bond acceptors (Lipinski definition) is 4. The summed E-state index contributed by atoms with van der Waals surface area (Å²) >= 11 is 1.70. The minimum absolute atomic E-state index is 0.807. The number of rotatable bonds is 6. The maximum Gasteiger partial charge on any atom is 0.110 e. The van der Waals surface area contributed by atoms with E-state index < -0.39 is 0 Å². The summed E-state index contributed by atoms with van der Waals surface area (Å²) in [4.78, 5) is 8.73. The van der Waals surface area contributed by atoms with Gasteiger partial charge in [-0.3, -0.25) is 4.57 Å². The molecule has 21 heavy (non-hydrogen) atoms. The molecule has 0 unspecified atom stereocenters. The van der Waals surface area contributed by atoms with Crippen LogP contribution in [0.3, 0.4) is 0 Å². The lowest BCUT2D eigenvalue weighted by Crippen LogP contribution is -2.18. The van der Waals surface area contributed by atoms with Crippen LogP contribution in [0.25, 0.3) is 5.69 Å². The molecule has 1 N–H and O–H groups in total. The van der Waals surface area contributed by atoms with Gasteiger partial charge < -0.3 is 5.32 Å². The zero-order chi connectivity index (χ0) is 14.5. The Bertz CT molecular complexity index is 674. The molecule has 0 radical (unpaired) electrons.